The van der Waals surface area contributed by atoms with Crippen LogP contribution in [0.4, 0.5) is 0 Å². The zero-order valence-electron chi connectivity index (χ0n) is 20.2. The molecule has 9 heteroatoms. The number of carbonyl (C=O) groups excluding carboxylic acids is 1. The molecular weight excluding hydrogens is 412 g/mol. The van der Waals surface area contributed by atoms with Gasteiger partial charge in [0.2, 0.25) is 0 Å². The lowest BCUT2D eigenvalue weighted by molar-refractivity contribution is -0.622. The highest BCUT2D eigenvalue weighted by atomic mass is 17.7. The highest BCUT2D eigenvalue weighted by Gasteiger charge is 2.36. The molecule has 32 heavy (non-hydrogen) atoms. The van der Waals surface area contributed by atoms with Gasteiger partial charge in [-0.15, -0.1) is 10.2 Å². The number of hydrogen-bond acceptors (Lipinski definition) is 8. The number of benzene rings is 1. The first-order valence-corrected chi connectivity index (χ1v) is 10.5. The summed E-state index contributed by atoms with van der Waals surface area (Å²) < 4.78 is 1.52. The number of aryl methyl sites for hydroxylation is 2. The predicted octanol–water partition coefficient (Wildman–Crippen LogP) is 4.71. The van der Waals surface area contributed by atoms with Gasteiger partial charge in [-0.05, 0) is 52.8 Å². The van der Waals surface area contributed by atoms with Crippen molar-refractivity contribution in [2.45, 2.75) is 68.4 Å². The van der Waals surface area contributed by atoms with Gasteiger partial charge < -0.3 is 0 Å². The number of rotatable bonds is 9. The molecule has 176 valence electrons. The summed E-state index contributed by atoms with van der Waals surface area (Å²) in [7, 11) is 0. The van der Waals surface area contributed by atoms with E-state index in [-0.39, 0.29) is 23.4 Å². The molecule has 1 heterocycles. The molecule has 0 saturated heterocycles. The fourth-order valence-corrected chi connectivity index (χ4v) is 3.30. The SMILES string of the molecule is Cc1cc(COOOOC(=O)C(CC(C)(C)C)C(C)(C)C)cc(C)c1/C=N/n1cnnc1. The van der Waals surface area contributed by atoms with Crippen LogP contribution in [0.1, 0.15) is 70.2 Å². The van der Waals surface area contributed by atoms with E-state index in [2.05, 4.69) is 46.1 Å². The largest absolute Gasteiger partial charge is 0.349 e. The molecule has 0 aliphatic rings. The van der Waals surface area contributed by atoms with Crippen molar-refractivity contribution >= 4 is 12.2 Å². The molecule has 0 radical (unpaired) electrons. The van der Waals surface area contributed by atoms with Crippen LogP contribution in [0.25, 0.3) is 0 Å². The van der Waals surface area contributed by atoms with Crippen LogP contribution in [0.5, 0.6) is 0 Å². The second-order valence-electron chi connectivity index (χ2n) is 10.2. The van der Waals surface area contributed by atoms with E-state index in [9.17, 15) is 4.79 Å². The molecule has 1 aromatic heterocycles. The second-order valence-corrected chi connectivity index (χ2v) is 10.2. The average molecular weight is 447 g/mol. The van der Waals surface area contributed by atoms with Crippen molar-refractivity contribution in [2.24, 2.45) is 21.8 Å². The third kappa shape index (κ3) is 8.14. The van der Waals surface area contributed by atoms with Crippen molar-refractivity contribution < 1.29 is 24.6 Å². The van der Waals surface area contributed by atoms with E-state index in [4.69, 9.17) is 9.78 Å². The molecule has 0 N–H and O–H groups in total. The summed E-state index contributed by atoms with van der Waals surface area (Å²) >= 11 is 0. The van der Waals surface area contributed by atoms with Gasteiger partial charge in [-0.2, -0.15) is 9.99 Å². The Morgan fingerprint density at radius 2 is 1.66 bits per heavy atom. The summed E-state index contributed by atoms with van der Waals surface area (Å²) in [6, 6.07) is 3.91. The van der Waals surface area contributed by atoms with Crippen molar-refractivity contribution in [1.82, 2.24) is 14.9 Å². The van der Waals surface area contributed by atoms with Gasteiger partial charge in [0, 0.05) is 10.6 Å². The molecule has 0 saturated carbocycles. The van der Waals surface area contributed by atoms with Gasteiger partial charge >= 0.3 is 5.97 Å². The predicted molar refractivity (Wildman–Crippen MR) is 119 cm³/mol. The molecule has 1 unspecified atom stereocenters. The van der Waals surface area contributed by atoms with Crippen molar-refractivity contribution in [3.05, 3.63) is 47.0 Å². The van der Waals surface area contributed by atoms with Crippen LogP contribution in [0.15, 0.2) is 29.9 Å². The Morgan fingerprint density at radius 1 is 1.06 bits per heavy atom. The molecule has 9 nitrogen and oxygen atoms in total. The maximum atomic E-state index is 12.5. The molecule has 0 spiro atoms. The topological polar surface area (TPSA) is 97.1 Å². The van der Waals surface area contributed by atoms with Gasteiger partial charge in [0.1, 0.15) is 19.3 Å². The maximum Gasteiger partial charge on any atom is 0.349 e. The van der Waals surface area contributed by atoms with Gasteiger partial charge in [-0.25, -0.2) is 9.47 Å². The smallest absolute Gasteiger partial charge is 0.266 e. The van der Waals surface area contributed by atoms with Crippen LogP contribution in [0.3, 0.4) is 0 Å². The van der Waals surface area contributed by atoms with Crippen LogP contribution >= 0.6 is 0 Å². The summed E-state index contributed by atoms with van der Waals surface area (Å²) in [5.74, 6) is -0.830. The van der Waals surface area contributed by atoms with Gasteiger partial charge in [-0.3, -0.25) is 4.89 Å². The molecule has 2 rings (SSSR count). The number of aromatic nitrogens is 3. The monoisotopic (exact) mass is 446 g/mol. The Hall–Kier alpha value is -2.62. The standard InChI is InChI=1S/C23H34N4O5/c1-16-9-18(10-17(2)19(16)12-26-27-14-24-25-15-27)13-29-31-32-30-21(28)20(23(6,7)8)11-22(3,4)5/h9-10,12,14-15,20H,11,13H2,1-8H3/b26-12+. The van der Waals surface area contributed by atoms with Gasteiger partial charge in [0.15, 0.2) is 0 Å². The molecular formula is C23H34N4O5. The second kappa shape index (κ2) is 10.8. The first-order chi connectivity index (χ1) is 14.9. The fourth-order valence-electron chi connectivity index (χ4n) is 3.30. The first-order valence-electron chi connectivity index (χ1n) is 10.5. The summed E-state index contributed by atoms with van der Waals surface area (Å²) in [6.45, 7) is 16.3. The van der Waals surface area contributed by atoms with Crippen LogP contribution in [0.2, 0.25) is 0 Å². The lowest BCUT2D eigenvalue weighted by Gasteiger charge is -2.32. The number of carbonyl (C=O) groups is 1. The third-order valence-electron chi connectivity index (χ3n) is 4.94. The minimum atomic E-state index is -0.487. The van der Waals surface area contributed by atoms with Crippen LogP contribution in [-0.4, -0.2) is 27.1 Å². The van der Waals surface area contributed by atoms with E-state index in [0.29, 0.717) is 6.42 Å². The molecule has 1 aromatic carbocycles. The number of nitrogens with zero attached hydrogens (tertiary/aromatic N) is 4. The molecule has 0 aliphatic carbocycles. The summed E-state index contributed by atoms with van der Waals surface area (Å²) in [6.07, 6.45) is 5.44. The van der Waals surface area contributed by atoms with E-state index < -0.39 is 5.97 Å². The average Bonchev–Trinajstić information content (AvgIpc) is 3.17. The molecule has 1 atom stereocenters. The highest BCUT2D eigenvalue weighted by Crippen LogP contribution is 2.36. The molecule has 0 amide bonds. The quantitative estimate of drug-likeness (QED) is 0.238. The van der Waals surface area contributed by atoms with Crippen LogP contribution in [-0.2, 0) is 31.3 Å². The summed E-state index contributed by atoms with van der Waals surface area (Å²) in [5.41, 5.74) is 3.59. The fraction of sp³-hybridized carbons (Fsp3) is 0.565. The highest BCUT2D eigenvalue weighted by molar-refractivity contribution is 5.83. The molecule has 0 aliphatic heterocycles. The lowest BCUT2D eigenvalue weighted by Crippen LogP contribution is -2.33. The molecule has 0 fully saturated rings. The van der Waals surface area contributed by atoms with Crippen molar-refractivity contribution in [1.29, 1.82) is 0 Å². The Kier molecular flexibility index (Phi) is 8.65. The van der Waals surface area contributed by atoms with Crippen molar-refractivity contribution in [2.75, 3.05) is 0 Å². The Balaban J connectivity index is 1.85. The Bertz CT molecular complexity index is 888. The van der Waals surface area contributed by atoms with Gasteiger partial charge in [0.25, 0.3) is 0 Å². The van der Waals surface area contributed by atoms with E-state index in [1.807, 2.05) is 46.8 Å². The normalized spacial score (nSPS) is 13.5. The maximum absolute atomic E-state index is 12.5. The Labute approximate surface area is 189 Å². The van der Waals surface area contributed by atoms with Crippen molar-refractivity contribution in [3.63, 3.8) is 0 Å². The van der Waals surface area contributed by atoms with Crippen LogP contribution in [0, 0.1) is 30.6 Å². The minimum Gasteiger partial charge on any atom is -0.266 e. The van der Waals surface area contributed by atoms with E-state index in [1.165, 1.54) is 17.3 Å². The first kappa shape index (κ1) is 25.6. The Morgan fingerprint density at radius 3 is 2.19 bits per heavy atom. The summed E-state index contributed by atoms with van der Waals surface area (Å²) in [4.78, 5) is 22.4. The van der Waals surface area contributed by atoms with Gasteiger partial charge in [0.05, 0.1) is 12.1 Å². The third-order valence-corrected chi connectivity index (χ3v) is 4.94. The lowest BCUT2D eigenvalue weighted by atomic mass is 9.72. The van der Waals surface area contributed by atoms with Crippen LogP contribution < -0.4 is 0 Å². The van der Waals surface area contributed by atoms with Gasteiger partial charge in [-0.1, -0.05) is 53.7 Å². The minimum absolute atomic E-state index is 0.0312. The van der Waals surface area contributed by atoms with Crippen molar-refractivity contribution in [3.8, 4) is 0 Å². The summed E-state index contributed by atoms with van der Waals surface area (Å²) in [5, 5.41) is 20.9. The molecule has 0 bridgehead atoms. The van der Waals surface area contributed by atoms with E-state index in [0.717, 1.165) is 22.3 Å². The van der Waals surface area contributed by atoms with E-state index >= 15 is 0 Å². The molecule has 2 aromatic rings. The number of hydrogen-bond donors (Lipinski definition) is 0. The zero-order chi connectivity index (χ0) is 23.9. The zero-order valence-corrected chi connectivity index (χ0v) is 20.2. The van der Waals surface area contributed by atoms with E-state index in [1.54, 1.807) is 6.21 Å².